The first kappa shape index (κ1) is 22.7. The second-order valence-electron chi connectivity index (χ2n) is 9.23. The third kappa shape index (κ3) is 4.05. The number of aromatic nitrogens is 3. The van der Waals surface area contributed by atoms with E-state index in [0.717, 1.165) is 33.4 Å². The van der Waals surface area contributed by atoms with Gasteiger partial charge < -0.3 is 0 Å². The molecule has 0 spiro atoms. The molecule has 0 amide bonds. The molecule has 0 aliphatic carbocycles. The predicted octanol–water partition coefficient (Wildman–Crippen LogP) is 7.76. The van der Waals surface area contributed by atoms with Crippen LogP contribution in [0.25, 0.3) is 22.5 Å². The van der Waals surface area contributed by atoms with Crippen LogP contribution in [-0.2, 0) is 5.54 Å². The van der Waals surface area contributed by atoms with Gasteiger partial charge in [0, 0.05) is 5.56 Å². The van der Waals surface area contributed by atoms with Crippen LogP contribution in [-0.4, -0.2) is 14.8 Å². The smallest absolute Gasteiger partial charge is 0.181 e. The van der Waals surface area contributed by atoms with Gasteiger partial charge in [0.05, 0.1) is 0 Å². The summed E-state index contributed by atoms with van der Waals surface area (Å²) in [4.78, 5) is 4.88. The summed E-state index contributed by atoms with van der Waals surface area (Å²) in [5, 5.41) is 5.19. The van der Waals surface area contributed by atoms with Gasteiger partial charge in [-0.15, -0.1) is 5.10 Å². The van der Waals surface area contributed by atoms with E-state index < -0.39 is 5.54 Å². The molecule has 1 heterocycles. The zero-order valence-corrected chi connectivity index (χ0v) is 20.7. The topological polar surface area (TPSA) is 30.7 Å². The summed E-state index contributed by atoms with van der Waals surface area (Å²) in [6.07, 6.45) is 1.87. The summed E-state index contributed by atoms with van der Waals surface area (Å²) in [6.45, 7) is 2.11. The number of rotatable bonds is 6. The van der Waals surface area contributed by atoms with Crippen LogP contribution in [0.2, 0.25) is 0 Å². The molecule has 0 aliphatic heterocycles. The van der Waals surface area contributed by atoms with E-state index in [1.807, 2.05) is 17.1 Å². The number of hydrogen-bond donors (Lipinski definition) is 0. The molecule has 178 valence electrons. The molecule has 3 heteroatoms. The Bertz CT molecular complexity index is 1510. The quantitative estimate of drug-likeness (QED) is 0.230. The lowest BCUT2D eigenvalue weighted by Crippen LogP contribution is -2.38. The van der Waals surface area contributed by atoms with Gasteiger partial charge in [0.15, 0.2) is 5.82 Å². The van der Waals surface area contributed by atoms with E-state index >= 15 is 0 Å². The van der Waals surface area contributed by atoms with Crippen LogP contribution < -0.4 is 0 Å². The van der Waals surface area contributed by atoms with E-state index in [2.05, 4.69) is 140 Å². The highest BCUT2D eigenvalue weighted by atomic mass is 15.4. The minimum absolute atomic E-state index is 0.687. The number of aryl methyl sites for hydroxylation is 1. The molecule has 1 aromatic heterocycles. The van der Waals surface area contributed by atoms with Gasteiger partial charge in [-0.1, -0.05) is 145 Å². The molecule has 6 rings (SSSR count). The van der Waals surface area contributed by atoms with Crippen LogP contribution in [0.15, 0.2) is 146 Å². The van der Waals surface area contributed by atoms with Crippen molar-refractivity contribution in [3.05, 3.63) is 168 Å². The first-order valence-corrected chi connectivity index (χ1v) is 12.5. The lowest BCUT2D eigenvalue weighted by Gasteiger charge is -2.35. The van der Waals surface area contributed by atoms with Crippen molar-refractivity contribution in [1.29, 1.82) is 0 Å². The zero-order valence-electron chi connectivity index (χ0n) is 20.7. The van der Waals surface area contributed by atoms with Crippen molar-refractivity contribution in [2.45, 2.75) is 12.5 Å². The van der Waals surface area contributed by atoms with E-state index in [4.69, 9.17) is 10.1 Å². The number of hydrogen-bond acceptors (Lipinski definition) is 2. The summed E-state index contributed by atoms with van der Waals surface area (Å²) in [7, 11) is 0. The Kier molecular flexibility index (Phi) is 5.95. The minimum Gasteiger partial charge on any atom is -0.233 e. The standard InChI is InChI=1S/C34H27N3/c1-26-21-23-27(24-22-26)31-19-11-12-20-32(31)33-35-25-37(36-33)34(28-13-5-2-6-14-28,29-15-7-3-8-16-29)30-17-9-4-10-18-30/h2-25H,1H3. The largest absolute Gasteiger partial charge is 0.233 e. The lowest BCUT2D eigenvalue weighted by atomic mass is 9.77. The van der Waals surface area contributed by atoms with Gasteiger partial charge in [-0.3, -0.25) is 0 Å². The van der Waals surface area contributed by atoms with Crippen LogP contribution in [0.3, 0.4) is 0 Å². The Balaban J connectivity index is 1.59. The van der Waals surface area contributed by atoms with Crippen molar-refractivity contribution in [1.82, 2.24) is 14.8 Å². The van der Waals surface area contributed by atoms with Crippen LogP contribution in [0, 0.1) is 6.92 Å². The predicted molar refractivity (Wildman–Crippen MR) is 150 cm³/mol. The molecule has 37 heavy (non-hydrogen) atoms. The lowest BCUT2D eigenvalue weighted by molar-refractivity contribution is 0.459. The first-order chi connectivity index (χ1) is 18.3. The fourth-order valence-electron chi connectivity index (χ4n) is 5.15. The maximum Gasteiger partial charge on any atom is 0.181 e. The van der Waals surface area contributed by atoms with Gasteiger partial charge in [-0.2, -0.15) is 0 Å². The van der Waals surface area contributed by atoms with Crippen LogP contribution >= 0.6 is 0 Å². The van der Waals surface area contributed by atoms with Crippen LogP contribution in [0.5, 0.6) is 0 Å². The molecule has 0 saturated carbocycles. The van der Waals surface area contributed by atoms with Crippen molar-refractivity contribution < 1.29 is 0 Å². The molecule has 0 fully saturated rings. The summed E-state index contributed by atoms with van der Waals surface area (Å²) in [6, 6.07) is 48.6. The molecule has 0 saturated heterocycles. The summed E-state index contributed by atoms with van der Waals surface area (Å²) < 4.78 is 2.02. The fraction of sp³-hybridized carbons (Fsp3) is 0.0588. The molecule has 0 aliphatic rings. The highest BCUT2D eigenvalue weighted by Gasteiger charge is 2.39. The molecular formula is C34H27N3. The second-order valence-corrected chi connectivity index (χ2v) is 9.23. The molecule has 5 aromatic carbocycles. The maximum absolute atomic E-state index is 5.19. The van der Waals surface area contributed by atoms with Crippen LogP contribution in [0.1, 0.15) is 22.3 Å². The number of nitrogens with zero attached hydrogens (tertiary/aromatic N) is 3. The monoisotopic (exact) mass is 477 g/mol. The fourth-order valence-corrected chi connectivity index (χ4v) is 5.15. The molecular weight excluding hydrogens is 450 g/mol. The molecule has 3 nitrogen and oxygen atoms in total. The van der Waals surface area contributed by atoms with E-state index in [-0.39, 0.29) is 0 Å². The average Bonchev–Trinajstić information content (AvgIpc) is 3.46. The highest BCUT2D eigenvalue weighted by molar-refractivity contribution is 5.80. The van der Waals surface area contributed by atoms with E-state index in [0.29, 0.717) is 5.82 Å². The van der Waals surface area contributed by atoms with Crippen LogP contribution in [0.4, 0.5) is 0 Å². The second kappa shape index (κ2) is 9.71. The Morgan fingerprint density at radius 2 is 0.973 bits per heavy atom. The Morgan fingerprint density at radius 1 is 0.514 bits per heavy atom. The normalized spacial score (nSPS) is 11.4. The average molecular weight is 478 g/mol. The highest BCUT2D eigenvalue weighted by Crippen LogP contribution is 2.41. The Labute approximate surface area is 217 Å². The summed E-state index contributed by atoms with van der Waals surface area (Å²) in [5.74, 6) is 0.698. The first-order valence-electron chi connectivity index (χ1n) is 12.5. The summed E-state index contributed by atoms with van der Waals surface area (Å²) in [5.41, 5.74) is 7.19. The van der Waals surface area contributed by atoms with E-state index in [1.165, 1.54) is 5.56 Å². The Hall–Kier alpha value is -4.76. The van der Waals surface area contributed by atoms with Crippen molar-refractivity contribution in [3.63, 3.8) is 0 Å². The van der Waals surface area contributed by atoms with Gasteiger partial charge >= 0.3 is 0 Å². The molecule has 0 bridgehead atoms. The minimum atomic E-state index is -0.687. The molecule has 0 radical (unpaired) electrons. The third-order valence-electron chi connectivity index (χ3n) is 6.94. The molecule has 6 aromatic rings. The molecule has 0 unspecified atom stereocenters. The van der Waals surface area contributed by atoms with E-state index in [9.17, 15) is 0 Å². The van der Waals surface area contributed by atoms with Crippen molar-refractivity contribution in [3.8, 4) is 22.5 Å². The maximum atomic E-state index is 5.19. The molecule has 0 atom stereocenters. The van der Waals surface area contributed by atoms with Gasteiger partial charge in [-0.05, 0) is 34.7 Å². The SMILES string of the molecule is Cc1ccc(-c2ccccc2-c2ncn(C(c3ccccc3)(c3ccccc3)c3ccccc3)n2)cc1. The van der Waals surface area contributed by atoms with Crippen molar-refractivity contribution >= 4 is 0 Å². The third-order valence-corrected chi connectivity index (χ3v) is 6.94. The van der Waals surface area contributed by atoms with E-state index in [1.54, 1.807) is 0 Å². The van der Waals surface area contributed by atoms with Gasteiger partial charge in [0.25, 0.3) is 0 Å². The van der Waals surface area contributed by atoms with Gasteiger partial charge in [0.2, 0.25) is 0 Å². The van der Waals surface area contributed by atoms with Crippen molar-refractivity contribution in [2.24, 2.45) is 0 Å². The zero-order chi connectivity index (χ0) is 25.1. The van der Waals surface area contributed by atoms with Gasteiger partial charge in [-0.25, -0.2) is 9.67 Å². The summed E-state index contributed by atoms with van der Waals surface area (Å²) >= 11 is 0. The molecule has 0 N–H and O–H groups in total. The Morgan fingerprint density at radius 3 is 1.49 bits per heavy atom. The number of benzene rings is 5. The van der Waals surface area contributed by atoms with Crippen molar-refractivity contribution in [2.75, 3.05) is 0 Å². The van der Waals surface area contributed by atoms with Gasteiger partial charge in [0.1, 0.15) is 11.9 Å².